The van der Waals surface area contributed by atoms with Crippen LogP contribution in [-0.2, 0) is 11.2 Å². The van der Waals surface area contributed by atoms with E-state index in [0.29, 0.717) is 6.42 Å². The van der Waals surface area contributed by atoms with Gasteiger partial charge in [-0.15, -0.1) is 0 Å². The van der Waals surface area contributed by atoms with Crippen molar-refractivity contribution in [3.63, 3.8) is 0 Å². The van der Waals surface area contributed by atoms with Gasteiger partial charge in [0.2, 0.25) is 0 Å². The average molecular weight is 218 g/mol. The molecule has 6 heteroatoms. The highest BCUT2D eigenvalue weighted by atomic mass is 16.4. The Morgan fingerprint density at radius 3 is 2.81 bits per heavy atom. The molecule has 0 aromatic carbocycles. The maximum atomic E-state index is 10.4. The molecule has 2 heterocycles. The number of aromatic nitrogens is 4. The van der Waals surface area contributed by atoms with Crippen molar-refractivity contribution >= 4 is 5.97 Å². The maximum Gasteiger partial charge on any atom is 0.303 e. The number of hydrogen-bond donors (Lipinski definition) is 1. The van der Waals surface area contributed by atoms with Crippen molar-refractivity contribution in [2.24, 2.45) is 0 Å². The molecule has 0 saturated carbocycles. The molecular weight excluding hydrogens is 208 g/mol. The van der Waals surface area contributed by atoms with Gasteiger partial charge in [-0.1, -0.05) is 0 Å². The lowest BCUT2D eigenvalue weighted by molar-refractivity contribution is -0.136. The molecule has 16 heavy (non-hydrogen) atoms. The highest BCUT2D eigenvalue weighted by Crippen LogP contribution is 2.05. The van der Waals surface area contributed by atoms with Crippen LogP contribution in [0, 0.1) is 0 Å². The Kier molecular flexibility index (Phi) is 2.90. The predicted molar refractivity (Wildman–Crippen MR) is 55.1 cm³/mol. The quantitative estimate of drug-likeness (QED) is 0.816. The number of carboxylic acids is 1. The summed E-state index contributed by atoms with van der Waals surface area (Å²) in [6.07, 6.45) is 6.99. The van der Waals surface area contributed by atoms with Crippen molar-refractivity contribution < 1.29 is 9.90 Å². The van der Waals surface area contributed by atoms with Crippen LogP contribution in [0.5, 0.6) is 0 Å². The molecule has 2 aromatic heterocycles. The van der Waals surface area contributed by atoms with E-state index < -0.39 is 5.97 Å². The van der Waals surface area contributed by atoms with Crippen LogP contribution in [0.4, 0.5) is 0 Å². The minimum atomic E-state index is -0.822. The SMILES string of the molecule is O=C(O)CCc1ccn(-c2cncnc2)n1. The van der Waals surface area contributed by atoms with Gasteiger partial charge in [-0.2, -0.15) is 5.10 Å². The van der Waals surface area contributed by atoms with Crippen LogP contribution >= 0.6 is 0 Å². The van der Waals surface area contributed by atoms with Gasteiger partial charge in [0.1, 0.15) is 12.0 Å². The van der Waals surface area contributed by atoms with Crippen molar-refractivity contribution in [2.75, 3.05) is 0 Å². The van der Waals surface area contributed by atoms with Crippen LogP contribution in [0.15, 0.2) is 31.0 Å². The molecule has 6 nitrogen and oxygen atoms in total. The number of aliphatic carboxylic acids is 1. The van der Waals surface area contributed by atoms with Gasteiger partial charge < -0.3 is 5.11 Å². The van der Waals surface area contributed by atoms with Gasteiger partial charge in [0, 0.05) is 12.6 Å². The molecule has 0 spiro atoms. The van der Waals surface area contributed by atoms with Crippen LogP contribution in [0.25, 0.3) is 5.69 Å². The number of carbonyl (C=O) groups is 1. The smallest absolute Gasteiger partial charge is 0.303 e. The zero-order valence-corrected chi connectivity index (χ0v) is 8.45. The van der Waals surface area contributed by atoms with E-state index in [1.54, 1.807) is 29.3 Å². The van der Waals surface area contributed by atoms with Crippen LogP contribution in [-0.4, -0.2) is 30.8 Å². The van der Waals surface area contributed by atoms with Crippen molar-refractivity contribution in [3.05, 3.63) is 36.7 Å². The largest absolute Gasteiger partial charge is 0.481 e. The lowest BCUT2D eigenvalue weighted by Gasteiger charge is -1.98. The molecule has 0 fully saturated rings. The van der Waals surface area contributed by atoms with Gasteiger partial charge in [0.25, 0.3) is 0 Å². The highest BCUT2D eigenvalue weighted by Gasteiger charge is 2.03. The van der Waals surface area contributed by atoms with Crippen LogP contribution in [0.3, 0.4) is 0 Å². The second kappa shape index (κ2) is 4.52. The molecule has 1 N–H and O–H groups in total. The molecule has 0 aliphatic rings. The molecule has 0 amide bonds. The Labute approximate surface area is 91.6 Å². The molecule has 0 radical (unpaired) electrons. The first kappa shape index (κ1) is 10.3. The monoisotopic (exact) mass is 218 g/mol. The summed E-state index contributed by atoms with van der Waals surface area (Å²) in [7, 11) is 0. The number of nitrogens with zero attached hydrogens (tertiary/aromatic N) is 4. The third-order valence-electron chi connectivity index (χ3n) is 2.05. The second-order valence-electron chi connectivity index (χ2n) is 3.24. The fraction of sp³-hybridized carbons (Fsp3) is 0.200. The minimum absolute atomic E-state index is 0.0856. The molecule has 0 unspecified atom stereocenters. The summed E-state index contributed by atoms with van der Waals surface area (Å²) in [5, 5.41) is 12.8. The fourth-order valence-electron chi connectivity index (χ4n) is 1.28. The molecule has 0 saturated heterocycles. The van der Waals surface area contributed by atoms with Gasteiger partial charge in [-0.25, -0.2) is 14.6 Å². The molecule has 2 aromatic rings. The normalized spacial score (nSPS) is 10.2. The molecule has 2 rings (SSSR count). The van der Waals surface area contributed by atoms with Gasteiger partial charge >= 0.3 is 5.97 Å². The van der Waals surface area contributed by atoms with Crippen molar-refractivity contribution in [2.45, 2.75) is 12.8 Å². The van der Waals surface area contributed by atoms with E-state index in [1.165, 1.54) is 6.33 Å². The zero-order valence-electron chi connectivity index (χ0n) is 8.45. The summed E-state index contributed by atoms with van der Waals surface area (Å²) in [4.78, 5) is 18.2. The average Bonchev–Trinajstić information content (AvgIpc) is 2.76. The van der Waals surface area contributed by atoms with E-state index in [0.717, 1.165) is 11.4 Å². The number of hydrogen-bond acceptors (Lipinski definition) is 4. The molecular formula is C10H10N4O2. The van der Waals surface area contributed by atoms with Crippen LogP contribution in [0.2, 0.25) is 0 Å². The summed E-state index contributed by atoms with van der Waals surface area (Å²) < 4.78 is 1.62. The Hall–Kier alpha value is -2.24. The Morgan fingerprint density at radius 1 is 1.38 bits per heavy atom. The van der Waals surface area contributed by atoms with E-state index in [-0.39, 0.29) is 6.42 Å². The van der Waals surface area contributed by atoms with Crippen molar-refractivity contribution in [1.82, 2.24) is 19.7 Å². The van der Waals surface area contributed by atoms with Gasteiger partial charge in [0.15, 0.2) is 0 Å². The van der Waals surface area contributed by atoms with Crippen LogP contribution < -0.4 is 0 Å². The molecule has 0 atom stereocenters. The fourth-order valence-corrected chi connectivity index (χ4v) is 1.28. The standard InChI is InChI=1S/C10H10N4O2/c15-10(16)2-1-8-3-4-14(13-8)9-5-11-7-12-6-9/h3-7H,1-2H2,(H,15,16). The first-order valence-corrected chi connectivity index (χ1v) is 4.77. The number of carboxylic acid groups (broad SMARTS) is 1. The van der Waals surface area contributed by atoms with E-state index in [4.69, 9.17) is 5.11 Å². The second-order valence-corrected chi connectivity index (χ2v) is 3.24. The molecule has 0 bridgehead atoms. The van der Waals surface area contributed by atoms with Gasteiger partial charge in [-0.3, -0.25) is 4.79 Å². The number of aryl methyl sites for hydroxylation is 1. The van der Waals surface area contributed by atoms with Crippen molar-refractivity contribution in [3.8, 4) is 5.69 Å². The lowest BCUT2D eigenvalue weighted by Crippen LogP contribution is -2.00. The lowest BCUT2D eigenvalue weighted by atomic mass is 10.2. The van der Waals surface area contributed by atoms with E-state index >= 15 is 0 Å². The molecule has 0 aliphatic heterocycles. The zero-order chi connectivity index (χ0) is 11.4. The van der Waals surface area contributed by atoms with E-state index in [2.05, 4.69) is 15.1 Å². The summed E-state index contributed by atoms with van der Waals surface area (Å²) in [6.45, 7) is 0. The van der Waals surface area contributed by atoms with E-state index in [9.17, 15) is 4.79 Å². The third kappa shape index (κ3) is 2.41. The van der Waals surface area contributed by atoms with E-state index in [1.807, 2.05) is 0 Å². The highest BCUT2D eigenvalue weighted by molar-refractivity contribution is 5.66. The van der Waals surface area contributed by atoms with Crippen molar-refractivity contribution in [1.29, 1.82) is 0 Å². The Morgan fingerprint density at radius 2 is 2.12 bits per heavy atom. The predicted octanol–water partition coefficient (Wildman–Crippen LogP) is 0.679. The summed E-state index contributed by atoms with van der Waals surface area (Å²) in [6, 6.07) is 1.79. The molecule has 0 aliphatic carbocycles. The summed E-state index contributed by atoms with van der Waals surface area (Å²) >= 11 is 0. The topological polar surface area (TPSA) is 80.9 Å². The van der Waals surface area contributed by atoms with Gasteiger partial charge in [-0.05, 0) is 6.07 Å². The Bertz CT molecular complexity index is 481. The minimum Gasteiger partial charge on any atom is -0.481 e. The first-order chi connectivity index (χ1) is 7.75. The number of rotatable bonds is 4. The van der Waals surface area contributed by atoms with Gasteiger partial charge in [0.05, 0.1) is 24.5 Å². The maximum absolute atomic E-state index is 10.4. The third-order valence-corrected chi connectivity index (χ3v) is 2.05. The molecule has 82 valence electrons. The first-order valence-electron chi connectivity index (χ1n) is 4.77. The Balaban J connectivity index is 2.11. The van der Waals surface area contributed by atoms with Crippen LogP contribution in [0.1, 0.15) is 12.1 Å². The summed E-state index contributed by atoms with van der Waals surface area (Å²) in [5.74, 6) is -0.822. The summed E-state index contributed by atoms with van der Waals surface area (Å²) in [5.41, 5.74) is 1.50.